The molecule has 0 saturated carbocycles. The van der Waals surface area contributed by atoms with Gasteiger partial charge in [-0.2, -0.15) is 5.26 Å². The zero-order valence-corrected chi connectivity index (χ0v) is 12.2. The average molecular weight is 308 g/mol. The third-order valence-corrected chi connectivity index (χ3v) is 4.05. The maximum atomic E-state index is 9.21. The molecule has 1 fully saturated rings. The standard InChI is InChI=1S/C14H18BrN3/c1-18(13-3-2-7-17-8-6-13)14-9-12(15)5-4-11(14)10-16/h4-5,9,13,17H,2-3,6-8H2,1H3. The first-order valence-corrected chi connectivity index (χ1v) is 7.15. The second-order valence-corrected chi connectivity index (χ2v) is 5.63. The van der Waals surface area contributed by atoms with Crippen molar-refractivity contribution in [3.8, 4) is 6.07 Å². The number of hydrogen-bond donors (Lipinski definition) is 1. The monoisotopic (exact) mass is 307 g/mol. The van der Waals surface area contributed by atoms with Gasteiger partial charge in [0.2, 0.25) is 0 Å². The van der Waals surface area contributed by atoms with E-state index in [1.54, 1.807) is 0 Å². The highest BCUT2D eigenvalue weighted by molar-refractivity contribution is 9.10. The number of benzene rings is 1. The lowest BCUT2D eigenvalue weighted by Crippen LogP contribution is -2.32. The molecular weight excluding hydrogens is 290 g/mol. The van der Waals surface area contributed by atoms with Crippen LogP contribution in [0.4, 0.5) is 5.69 Å². The van der Waals surface area contributed by atoms with Crippen molar-refractivity contribution in [3.63, 3.8) is 0 Å². The Labute approximate surface area is 117 Å². The van der Waals surface area contributed by atoms with E-state index in [4.69, 9.17) is 0 Å². The van der Waals surface area contributed by atoms with E-state index in [-0.39, 0.29) is 0 Å². The van der Waals surface area contributed by atoms with Crippen molar-refractivity contribution in [2.75, 3.05) is 25.0 Å². The number of nitrogens with one attached hydrogen (secondary N) is 1. The van der Waals surface area contributed by atoms with Crippen molar-refractivity contribution in [1.29, 1.82) is 5.26 Å². The molecule has 1 aromatic rings. The SMILES string of the molecule is CN(c1cc(Br)ccc1C#N)C1CCCNCC1. The Bertz CT molecular complexity index is 445. The van der Waals surface area contributed by atoms with Gasteiger partial charge in [0.1, 0.15) is 6.07 Å². The van der Waals surface area contributed by atoms with Crippen LogP contribution in [-0.2, 0) is 0 Å². The fraction of sp³-hybridized carbons (Fsp3) is 0.500. The Balaban J connectivity index is 2.24. The molecule has 0 spiro atoms. The molecule has 1 aliphatic heterocycles. The Morgan fingerprint density at radius 1 is 1.39 bits per heavy atom. The Kier molecular flexibility index (Phi) is 4.62. The van der Waals surface area contributed by atoms with E-state index >= 15 is 0 Å². The van der Waals surface area contributed by atoms with Gasteiger partial charge in [-0.05, 0) is 50.6 Å². The molecule has 0 aliphatic carbocycles. The molecule has 1 unspecified atom stereocenters. The second-order valence-electron chi connectivity index (χ2n) is 4.72. The first-order valence-electron chi connectivity index (χ1n) is 6.35. The molecule has 0 radical (unpaired) electrons. The molecular formula is C14H18BrN3. The van der Waals surface area contributed by atoms with E-state index in [1.807, 2.05) is 18.2 Å². The fourth-order valence-electron chi connectivity index (χ4n) is 2.48. The van der Waals surface area contributed by atoms with Gasteiger partial charge in [0.25, 0.3) is 0 Å². The van der Waals surface area contributed by atoms with Gasteiger partial charge < -0.3 is 10.2 Å². The molecule has 2 rings (SSSR count). The van der Waals surface area contributed by atoms with Gasteiger partial charge in [0, 0.05) is 17.6 Å². The maximum absolute atomic E-state index is 9.21. The number of nitriles is 1. The number of anilines is 1. The molecule has 96 valence electrons. The molecule has 1 N–H and O–H groups in total. The first kappa shape index (κ1) is 13.4. The van der Waals surface area contributed by atoms with Crippen LogP contribution in [0.3, 0.4) is 0 Å². The Hall–Kier alpha value is -1.05. The molecule has 0 amide bonds. The quantitative estimate of drug-likeness (QED) is 0.913. The zero-order chi connectivity index (χ0) is 13.0. The number of hydrogen-bond acceptors (Lipinski definition) is 3. The summed E-state index contributed by atoms with van der Waals surface area (Å²) >= 11 is 3.48. The minimum Gasteiger partial charge on any atom is -0.370 e. The van der Waals surface area contributed by atoms with E-state index in [0.717, 1.165) is 35.2 Å². The minimum atomic E-state index is 0.515. The van der Waals surface area contributed by atoms with Crippen LogP contribution in [0, 0.1) is 11.3 Å². The van der Waals surface area contributed by atoms with Crippen LogP contribution in [0.5, 0.6) is 0 Å². The molecule has 1 atom stereocenters. The van der Waals surface area contributed by atoms with Crippen molar-refractivity contribution in [1.82, 2.24) is 5.32 Å². The lowest BCUT2D eigenvalue weighted by molar-refractivity contribution is 0.566. The van der Waals surface area contributed by atoms with Crippen molar-refractivity contribution < 1.29 is 0 Å². The van der Waals surface area contributed by atoms with Gasteiger partial charge in [0.15, 0.2) is 0 Å². The second kappa shape index (κ2) is 6.21. The summed E-state index contributed by atoms with van der Waals surface area (Å²) in [7, 11) is 2.10. The van der Waals surface area contributed by atoms with Crippen LogP contribution >= 0.6 is 15.9 Å². The summed E-state index contributed by atoms with van der Waals surface area (Å²) in [6, 6.07) is 8.64. The molecule has 1 aliphatic rings. The molecule has 3 nitrogen and oxygen atoms in total. The number of rotatable bonds is 2. The summed E-state index contributed by atoms with van der Waals surface area (Å²) in [5.74, 6) is 0. The van der Waals surface area contributed by atoms with E-state index in [0.29, 0.717) is 6.04 Å². The summed E-state index contributed by atoms with van der Waals surface area (Å²) in [6.45, 7) is 2.17. The van der Waals surface area contributed by atoms with Crippen LogP contribution in [0.25, 0.3) is 0 Å². The normalized spacial score (nSPS) is 19.9. The van der Waals surface area contributed by atoms with Gasteiger partial charge in [-0.3, -0.25) is 0 Å². The van der Waals surface area contributed by atoms with Crippen molar-refractivity contribution in [2.45, 2.75) is 25.3 Å². The van der Waals surface area contributed by atoms with E-state index in [2.05, 4.69) is 39.3 Å². The number of nitrogens with zero attached hydrogens (tertiary/aromatic N) is 2. The van der Waals surface area contributed by atoms with E-state index in [9.17, 15) is 5.26 Å². The van der Waals surface area contributed by atoms with E-state index < -0.39 is 0 Å². The third kappa shape index (κ3) is 3.04. The van der Waals surface area contributed by atoms with Crippen LogP contribution in [0.15, 0.2) is 22.7 Å². The smallest absolute Gasteiger partial charge is 0.101 e. The molecule has 4 heteroatoms. The summed E-state index contributed by atoms with van der Waals surface area (Å²) in [5.41, 5.74) is 1.77. The molecule has 1 aromatic carbocycles. The summed E-state index contributed by atoms with van der Waals surface area (Å²) in [6.07, 6.45) is 3.51. The average Bonchev–Trinajstić information content (AvgIpc) is 2.66. The number of halogens is 1. The van der Waals surface area contributed by atoms with Gasteiger partial charge >= 0.3 is 0 Å². The molecule has 18 heavy (non-hydrogen) atoms. The zero-order valence-electron chi connectivity index (χ0n) is 10.6. The summed E-state index contributed by atoms with van der Waals surface area (Å²) in [4.78, 5) is 2.26. The Morgan fingerprint density at radius 2 is 2.22 bits per heavy atom. The highest BCUT2D eigenvalue weighted by Crippen LogP contribution is 2.27. The topological polar surface area (TPSA) is 39.1 Å². The van der Waals surface area contributed by atoms with Crippen LogP contribution in [0.1, 0.15) is 24.8 Å². The van der Waals surface area contributed by atoms with Crippen molar-refractivity contribution in [3.05, 3.63) is 28.2 Å². The summed E-state index contributed by atoms with van der Waals surface area (Å²) in [5, 5.41) is 12.6. The first-order chi connectivity index (χ1) is 8.72. The highest BCUT2D eigenvalue weighted by atomic mass is 79.9. The largest absolute Gasteiger partial charge is 0.370 e. The maximum Gasteiger partial charge on any atom is 0.101 e. The molecule has 1 saturated heterocycles. The predicted molar refractivity (Wildman–Crippen MR) is 77.8 cm³/mol. The summed E-state index contributed by atoms with van der Waals surface area (Å²) < 4.78 is 1.02. The molecule has 0 aromatic heterocycles. The lowest BCUT2D eigenvalue weighted by Gasteiger charge is -2.30. The van der Waals surface area contributed by atoms with Crippen LogP contribution in [0.2, 0.25) is 0 Å². The van der Waals surface area contributed by atoms with E-state index in [1.165, 1.54) is 12.8 Å². The van der Waals surface area contributed by atoms with Gasteiger partial charge in [0.05, 0.1) is 11.3 Å². The molecule has 1 heterocycles. The van der Waals surface area contributed by atoms with Crippen molar-refractivity contribution in [2.24, 2.45) is 0 Å². The van der Waals surface area contributed by atoms with Crippen LogP contribution in [-0.4, -0.2) is 26.2 Å². The van der Waals surface area contributed by atoms with Gasteiger partial charge in [-0.25, -0.2) is 0 Å². The van der Waals surface area contributed by atoms with Crippen molar-refractivity contribution >= 4 is 21.6 Å². The highest BCUT2D eigenvalue weighted by Gasteiger charge is 2.19. The Morgan fingerprint density at radius 3 is 3.00 bits per heavy atom. The predicted octanol–water partition coefficient (Wildman–Crippen LogP) is 2.90. The van der Waals surface area contributed by atoms with Gasteiger partial charge in [-0.15, -0.1) is 0 Å². The lowest BCUT2D eigenvalue weighted by atomic mass is 10.1. The fourth-order valence-corrected chi connectivity index (χ4v) is 2.82. The minimum absolute atomic E-state index is 0.515. The third-order valence-electron chi connectivity index (χ3n) is 3.55. The molecule has 0 bridgehead atoms. The van der Waals surface area contributed by atoms with Gasteiger partial charge in [-0.1, -0.05) is 15.9 Å². The van der Waals surface area contributed by atoms with Crippen LogP contribution < -0.4 is 10.2 Å².